The summed E-state index contributed by atoms with van der Waals surface area (Å²) in [4.78, 5) is 1.08. The lowest BCUT2D eigenvalue weighted by atomic mass is 10.1. The molecule has 0 heterocycles. The lowest BCUT2D eigenvalue weighted by Gasteiger charge is -2.18. The molecule has 0 aliphatic rings. The quantitative estimate of drug-likeness (QED) is 0.675. The molecule has 6 heteroatoms. The van der Waals surface area contributed by atoms with Crippen LogP contribution in [0.5, 0.6) is 0 Å². The molecule has 0 spiro atoms. The minimum Gasteiger partial charge on any atom is -0.384 e. The van der Waals surface area contributed by atoms with Crippen molar-refractivity contribution in [3.8, 4) is 11.8 Å². The number of hydrogen-bond acceptors (Lipinski definition) is 2. The van der Waals surface area contributed by atoms with Gasteiger partial charge in [0.15, 0.2) is 0 Å². The molecule has 0 saturated carbocycles. The maximum absolute atomic E-state index is 13.3. The number of nitrogens with zero attached hydrogens (tertiary/aromatic N) is 1. The molecule has 0 unspecified atom stereocenters. The first kappa shape index (κ1) is 15.5. The number of hydrogen-bond donors (Lipinski definition) is 1. The van der Waals surface area contributed by atoms with E-state index in [1.54, 1.807) is 0 Å². The summed E-state index contributed by atoms with van der Waals surface area (Å²) in [6, 6.07) is 3.94. The zero-order valence-corrected chi connectivity index (χ0v) is 10.3. The fourth-order valence-electron chi connectivity index (χ4n) is 1.57. The monoisotopic (exact) mass is 275 g/mol. The normalized spacial score (nSPS) is 11.3. The van der Waals surface area contributed by atoms with Crippen LogP contribution in [0.2, 0.25) is 0 Å². The van der Waals surface area contributed by atoms with E-state index in [1.807, 2.05) is 0 Å². The Balaban J connectivity index is 2.79. The summed E-state index contributed by atoms with van der Waals surface area (Å²) in [5.41, 5.74) is 0.586. The first-order chi connectivity index (χ1) is 8.81. The molecule has 0 bridgehead atoms. The first-order valence-electron chi connectivity index (χ1n) is 5.45. The molecule has 1 aromatic rings. The predicted octanol–water partition coefficient (Wildman–Crippen LogP) is 2.16. The van der Waals surface area contributed by atoms with E-state index >= 15 is 0 Å². The molecular formula is C13H13F4NO. The summed E-state index contributed by atoms with van der Waals surface area (Å²) in [5, 5.41) is 8.53. The minimum absolute atomic E-state index is 0.0353. The molecule has 2 nitrogen and oxygen atoms in total. The van der Waals surface area contributed by atoms with Crippen molar-refractivity contribution in [2.45, 2.75) is 12.7 Å². The number of benzene rings is 1. The van der Waals surface area contributed by atoms with Gasteiger partial charge in [-0.2, -0.15) is 13.2 Å². The molecule has 0 aliphatic heterocycles. The van der Waals surface area contributed by atoms with E-state index in [0.717, 1.165) is 11.0 Å². The number of halogens is 4. The Morgan fingerprint density at radius 3 is 2.58 bits per heavy atom. The second-order valence-electron chi connectivity index (χ2n) is 4.06. The fourth-order valence-corrected chi connectivity index (χ4v) is 1.57. The molecule has 1 N–H and O–H groups in total. The zero-order chi connectivity index (χ0) is 14.5. The molecule has 0 fully saturated rings. The highest BCUT2D eigenvalue weighted by Gasteiger charge is 2.29. The molecule has 1 aromatic carbocycles. The van der Waals surface area contributed by atoms with E-state index in [1.165, 1.54) is 19.2 Å². The van der Waals surface area contributed by atoms with Crippen LogP contribution in [0.4, 0.5) is 17.6 Å². The van der Waals surface area contributed by atoms with Crippen molar-refractivity contribution in [1.82, 2.24) is 4.90 Å². The van der Waals surface area contributed by atoms with Crippen LogP contribution >= 0.6 is 0 Å². The van der Waals surface area contributed by atoms with Crippen LogP contribution in [-0.2, 0) is 6.54 Å². The summed E-state index contributed by atoms with van der Waals surface area (Å²) in [6.07, 6.45) is -4.27. The highest BCUT2D eigenvalue weighted by Crippen LogP contribution is 2.17. The summed E-state index contributed by atoms with van der Waals surface area (Å²) in [5.74, 6) is 4.14. The Bertz CT molecular complexity index is 488. The van der Waals surface area contributed by atoms with Crippen molar-refractivity contribution < 1.29 is 22.7 Å². The fraction of sp³-hybridized carbons (Fsp3) is 0.385. The van der Waals surface area contributed by atoms with E-state index in [-0.39, 0.29) is 12.1 Å². The third-order valence-electron chi connectivity index (χ3n) is 2.23. The lowest BCUT2D eigenvalue weighted by Crippen LogP contribution is -2.30. The molecule has 0 saturated heterocycles. The van der Waals surface area contributed by atoms with Crippen LogP contribution in [0.3, 0.4) is 0 Å². The Morgan fingerprint density at radius 2 is 2.00 bits per heavy atom. The third kappa shape index (κ3) is 5.73. The highest BCUT2D eigenvalue weighted by atomic mass is 19.4. The average molecular weight is 275 g/mol. The molecule has 0 amide bonds. The number of aliphatic hydroxyl groups excluding tert-OH is 1. The van der Waals surface area contributed by atoms with Gasteiger partial charge in [0.05, 0.1) is 12.1 Å². The Labute approximate surface area is 108 Å². The van der Waals surface area contributed by atoms with Gasteiger partial charge in [-0.05, 0) is 24.7 Å². The van der Waals surface area contributed by atoms with Crippen LogP contribution in [0, 0.1) is 17.7 Å². The highest BCUT2D eigenvalue weighted by molar-refractivity contribution is 5.38. The summed E-state index contributed by atoms with van der Waals surface area (Å²) >= 11 is 0. The van der Waals surface area contributed by atoms with Gasteiger partial charge in [-0.25, -0.2) is 4.39 Å². The summed E-state index contributed by atoms with van der Waals surface area (Å²) in [7, 11) is 1.33. The van der Waals surface area contributed by atoms with Gasteiger partial charge in [0.2, 0.25) is 0 Å². The molecule has 0 radical (unpaired) electrons. The van der Waals surface area contributed by atoms with E-state index < -0.39 is 25.1 Å². The maximum Gasteiger partial charge on any atom is 0.401 e. The van der Waals surface area contributed by atoms with Gasteiger partial charge in [-0.15, -0.1) is 0 Å². The maximum atomic E-state index is 13.3. The van der Waals surface area contributed by atoms with Crippen LogP contribution in [0.25, 0.3) is 0 Å². The largest absolute Gasteiger partial charge is 0.401 e. The van der Waals surface area contributed by atoms with Crippen molar-refractivity contribution in [2.75, 3.05) is 20.2 Å². The molecule has 0 atom stereocenters. The van der Waals surface area contributed by atoms with Crippen LogP contribution in [0.15, 0.2) is 18.2 Å². The van der Waals surface area contributed by atoms with Gasteiger partial charge < -0.3 is 5.11 Å². The van der Waals surface area contributed by atoms with Gasteiger partial charge >= 0.3 is 6.18 Å². The van der Waals surface area contributed by atoms with Gasteiger partial charge in [-0.3, -0.25) is 4.90 Å². The van der Waals surface area contributed by atoms with Crippen LogP contribution < -0.4 is 0 Å². The third-order valence-corrected chi connectivity index (χ3v) is 2.23. The van der Waals surface area contributed by atoms with Crippen LogP contribution in [-0.4, -0.2) is 36.4 Å². The first-order valence-corrected chi connectivity index (χ1v) is 5.45. The van der Waals surface area contributed by atoms with Crippen molar-refractivity contribution in [2.24, 2.45) is 0 Å². The number of aliphatic hydroxyl groups is 1. The average Bonchev–Trinajstić information content (AvgIpc) is 2.27. The summed E-state index contributed by atoms with van der Waals surface area (Å²) < 4.78 is 49.8. The van der Waals surface area contributed by atoms with Crippen molar-refractivity contribution in [3.63, 3.8) is 0 Å². The van der Waals surface area contributed by atoms with Crippen molar-refractivity contribution in [1.29, 1.82) is 0 Å². The predicted molar refractivity (Wildman–Crippen MR) is 62.8 cm³/mol. The molecular weight excluding hydrogens is 262 g/mol. The summed E-state index contributed by atoms with van der Waals surface area (Å²) in [6.45, 7) is -1.41. The van der Waals surface area contributed by atoms with E-state index in [0.29, 0.717) is 5.56 Å². The Hall–Kier alpha value is -1.58. The SMILES string of the molecule is CN(Cc1ccc(F)c(C#CCO)c1)CC(F)(F)F. The van der Waals surface area contributed by atoms with Crippen LogP contribution in [0.1, 0.15) is 11.1 Å². The molecule has 1 rings (SSSR count). The van der Waals surface area contributed by atoms with E-state index in [4.69, 9.17) is 5.11 Å². The van der Waals surface area contributed by atoms with Gasteiger partial charge in [0, 0.05) is 6.54 Å². The number of rotatable bonds is 3. The van der Waals surface area contributed by atoms with Gasteiger partial charge in [0.25, 0.3) is 0 Å². The zero-order valence-electron chi connectivity index (χ0n) is 10.3. The van der Waals surface area contributed by atoms with E-state index in [9.17, 15) is 17.6 Å². The van der Waals surface area contributed by atoms with Crippen molar-refractivity contribution in [3.05, 3.63) is 35.1 Å². The molecule has 0 aliphatic carbocycles. The Kier molecular flexibility index (Phi) is 5.33. The van der Waals surface area contributed by atoms with E-state index in [2.05, 4.69) is 11.8 Å². The second kappa shape index (κ2) is 6.55. The smallest absolute Gasteiger partial charge is 0.384 e. The number of alkyl halides is 3. The standard InChI is InChI=1S/C13H13F4NO/c1-18(9-13(15,16)17)8-10-4-5-12(14)11(7-10)3-2-6-19/h4-5,7,19H,6,8-9H2,1H3. The van der Waals surface area contributed by atoms with Crippen molar-refractivity contribution >= 4 is 0 Å². The molecule has 0 aromatic heterocycles. The van der Waals surface area contributed by atoms with Gasteiger partial charge in [0.1, 0.15) is 12.4 Å². The molecule has 104 valence electrons. The molecule has 19 heavy (non-hydrogen) atoms. The van der Waals surface area contributed by atoms with Gasteiger partial charge in [-0.1, -0.05) is 17.9 Å². The Morgan fingerprint density at radius 1 is 1.32 bits per heavy atom. The second-order valence-corrected chi connectivity index (χ2v) is 4.06. The minimum atomic E-state index is -4.27. The topological polar surface area (TPSA) is 23.5 Å². The lowest BCUT2D eigenvalue weighted by molar-refractivity contribution is -0.144.